The number of ether oxygens (including phenoxy) is 3. The molecule has 0 amide bonds. The molecule has 10 atom stereocenters. The molecule has 0 spiro atoms. The third kappa shape index (κ3) is 5.10. The summed E-state index contributed by atoms with van der Waals surface area (Å²) in [7, 11) is -5.15. The topological polar surface area (TPSA) is 233 Å². The molecule has 0 radical (unpaired) electrons. The first kappa shape index (κ1) is 22.8. The zero-order chi connectivity index (χ0) is 20.5. The zero-order valence-corrected chi connectivity index (χ0v) is 14.4. The van der Waals surface area contributed by atoms with Gasteiger partial charge in [0.25, 0.3) is 0 Å². The maximum atomic E-state index is 11.0. The van der Waals surface area contributed by atoms with Crippen LogP contribution in [0.15, 0.2) is 0 Å². The van der Waals surface area contributed by atoms with Gasteiger partial charge in [0.15, 0.2) is 18.7 Å². The first-order valence-electron chi connectivity index (χ1n) is 7.74. The smallest absolute Gasteiger partial charge is 0.394 e. The Morgan fingerprint density at radius 1 is 0.741 bits per heavy atom. The van der Waals surface area contributed by atoms with Crippen LogP contribution in [0.25, 0.3) is 0 Å². The van der Waals surface area contributed by atoms with E-state index in [2.05, 4.69) is 4.18 Å². The summed E-state index contributed by atoms with van der Waals surface area (Å²) in [5.74, 6) is 0. The molecule has 0 bridgehead atoms. The van der Waals surface area contributed by atoms with Gasteiger partial charge in [-0.15, -0.1) is 0 Å². The van der Waals surface area contributed by atoms with Crippen LogP contribution < -0.4 is 0 Å². The Bertz CT molecular complexity index is 583. The summed E-state index contributed by atoms with van der Waals surface area (Å²) in [6, 6.07) is 0. The van der Waals surface area contributed by atoms with Crippen LogP contribution in [0.5, 0.6) is 0 Å². The lowest BCUT2D eigenvalue weighted by Gasteiger charge is -2.45. The van der Waals surface area contributed by atoms with Crippen molar-refractivity contribution in [1.29, 1.82) is 0 Å². The molecular weight excluding hydrogens is 400 g/mol. The van der Waals surface area contributed by atoms with Crippen molar-refractivity contribution < 1.29 is 67.1 Å². The van der Waals surface area contributed by atoms with Gasteiger partial charge in [0, 0.05) is 0 Å². The van der Waals surface area contributed by atoms with Gasteiger partial charge in [-0.2, -0.15) is 8.42 Å². The van der Waals surface area contributed by atoms with Crippen molar-refractivity contribution in [3.63, 3.8) is 0 Å². The van der Waals surface area contributed by atoms with Crippen LogP contribution in [0.2, 0.25) is 0 Å². The van der Waals surface area contributed by atoms with Crippen molar-refractivity contribution >= 4 is 10.4 Å². The van der Waals surface area contributed by atoms with Crippen LogP contribution in [-0.2, 0) is 28.8 Å². The van der Waals surface area contributed by atoms with Gasteiger partial charge in [-0.3, -0.25) is 4.55 Å². The summed E-state index contributed by atoms with van der Waals surface area (Å²) >= 11 is 0. The molecule has 0 aromatic heterocycles. The van der Waals surface area contributed by atoms with Gasteiger partial charge in [0.2, 0.25) is 0 Å². The summed E-state index contributed by atoms with van der Waals surface area (Å²) in [4.78, 5) is 0. The second-order valence-corrected chi connectivity index (χ2v) is 7.08. The van der Waals surface area contributed by atoms with Gasteiger partial charge in [-0.05, 0) is 0 Å². The molecule has 15 heteroatoms. The number of hydrogen-bond donors (Lipinski definition) is 8. The molecule has 2 saturated heterocycles. The van der Waals surface area contributed by atoms with Crippen LogP contribution in [0, 0.1) is 0 Å². The minimum atomic E-state index is -5.15. The quantitative estimate of drug-likeness (QED) is 0.186. The van der Waals surface area contributed by atoms with E-state index in [4.69, 9.17) is 23.9 Å². The van der Waals surface area contributed by atoms with E-state index in [9.17, 15) is 39.1 Å². The van der Waals surface area contributed by atoms with Gasteiger partial charge >= 0.3 is 10.4 Å². The third-order valence-electron chi connectivity index (χ3n) is 4.17. The number of rotatable bonds is 6. The summed E-state index contributed by atoms with van der Waals surface area (Å²) in [6.07, 6.45) is -17.9. The van der Waals surface area contributed by atoms with Crippen LogP contribution in [0.3, 0.4) is 0 Å². The van der Waals surface area contributed by atoms with Gasteiger partial charge in [0.1, 0.15) is 42.7 Å². The predicted molar refractivity (Wildman–Crippen MR) is 79.0 cm³/mol. The van der Waals surface area contributed by atoms with Gasteiger partial charge < -0.3 is 50.0 Å². The molecular formula is C12H22O14S. The van der Waals surface area contributed by atoms with Crippen molar-refractivity contribution in [2.45, 2.75) is 61.4 Å². The summed E-state index contributed by atoms with van der Waals surface area (Å²) < 4.78 is 50.3. The lowest BCUT2D eigenvalue weighted by molar-refractivity contribution is -0.373. The van der Waals surface area contributed by atoms with E-state index >= 15 is 0 Å². The standard InChI is InChI=1S/C12H22O14S/c13-1-3-5(15)7(17)9(19)11(23-3)25-12-10(26-27(20,21)22)8(18)6(16)4(2-14)24-12/h3-19H,1-2H2,(H,20,21,22). The van der Waals surface area contributed by atoms with E-state index in [0.717, 1.165) is 0 Å². The molecule has 2 heterocycles. The zero-order valence-electron chi connectivity index (χ0n) is 13.6. The highest BCUT2D eigenvalue weighted by Gasteiger charge is 2.51. The molecule has 0 saturated carbocycles. The van der Waals surface area contributed by atoms with Gasteiger partial charge in [-0.25, -0.2) is 4.18 Å². The van der Waals surface area contributed by atoms with Crippen molar-refractivity contribution in [3.05, 3.63) is 0 Å². The molecule has 2 aliphatic heterocycles. The van der Waals surface area contributed by atoms with Crippen molar-refractivity contribution in [1.82, 2.24) is 0 Å². The second-order valence-electron chi connectivity index (χ2n) is 6.03. The normalized spacial score (nSPS) is 46.4. The largest absolute Gasteiger partial charge is 0.397 e. The summed E-state index contributed by atoms with van der Waals surface area (Å²) in [5, 5.41) is 67.5. The molecule has 8 N–H and O–H groups in total. The highest BCUT2D eigenvalue weighted by Crippen LogP contribution is 2.29. The lowest BCUT2D eigenvalue weighted by Crippen LogP contribution is -2.64. The average Bonchev–Trinajstić information content (AvgIpc) is 2.60. The molecule has 0 aromatic rings. The first-order chi connectivity index (χ1) is 12.5. The molecule has 2 rings (SSSR count). The Morgan fingerprint density at radius 3 is 1.70 bits per heavy atom. The third-order valence-corrected chi connectivity index (χ3v) is 4.64. The molecule has 2 fully saturated rings. The molecule has 0 aliphatic carbocycles. The molecule has 27 heavy (non-hydrogen) atoms. The van der Waals surface area contributed by atoms with E-state index in [1.165, 1.54) is 0 Å². The monoisotopic (exact) mass is 422 g/mol. The Kier molecular flexibility index (Phi) is 7.47. The Hall–Kier alpha value is -0.530. The Morgan fingerprint density at radius 2 is 1.22 bits per heavy atom. The Balaban J connectivity index is 2.23. The highest BCUT2D eigenvalue weighted by atomic mass is 32.3. The molecule has 2 aliphatic rings. The number of hydrogen-bond acceptors (Lipinski definition) is 13. The maximum Gasteiger partial charge on any atom is 0.397 e. The SMILES string of the molecule is O=S(=O)(O)OC1C(OC2OC(CO)C(O)C(O)C2O)OC(CO)C(O)C1O. The van der Waals surface area contributed by atoms with E-state index in [1.54, 1.807) is 0 Å². The van der Waals surface area contributed by atoms with E-state index in [-0.39, 0.29) is 0 Å². The number of aliphatic hydroxyl groups excluding tert-OH is 7. The molecule has 0 aromatic carbocycles. The van der Waals surface area contributed by atoms with E-state index in [1.807, 2.05) is 0 Å². The highest BCUT2D eigenvalue weighted by molar-refractivity contribution is 7.80. The van der Waals surface area contributed by atoms with Crippen molar-refractivity contribution in [3.8, 4) is 0 Å². The molecule has 10 unspecified atom stereocenters. The second kappa shape index (κ2) is 8.87. The van der Waals surface area contributed by atoms with Crippen LogP contribution in [0.4, 0.5) is 0 Å². The van der Waals surface area contributed by atoms with Crippen LogP contribution in [-0.4, -0.2) is 123 Å². The van der Waals surface area contributed by atoms with E-state index < -0.39 is 85.0 Å². The summed E-state index contributed by atoms with van der Waals surface area (Å²) in [5.41, 5.74) is 0. The van der Waals surface area contributed by atoms with Gasteiger partial charge in [0.05, 0.1) is 13.2 Å². The maximum absolute atomic E-state index is 11.0. The fraction of sp³-hybridized carbons (Fsp3) is 1.00. The summed E-state index contributed by atoms with van der Waals surface area (Å²) in [6.45, 7) is -1.60. The van der Waals surface area contributed by atoms with Gasteiger partial charge in [-0.1, -0.05) is 0 Å². The fourth-order valence-electron chi connectivity index (χ4n) is 2.72. The van der Waals surface area contributed by atoms with Crippen molar-refractivity contribution in [2.24, 2.45) is 0 Å². The fourth-order valence-corrected chi connectivity index (χ4v) is 3.21. The van der Waals surface area contributed by atoms with E-state index in [0.29, 0.717) is 0 Å². The lowest BCUT2D eigenvalue weighted by atomic mass is 9.98. The first-order valence-corrected chi connectivity index (χ1v) is 9.10. The molecule has 160 valence electrons. The number of aliphatic hydroxyl groups is 7. The van der Waals surface area contributed by atoms with Crippen LogP contribution in [0.1, 0.15) is 0 Å². The molecule has 14 nitrogen and oxygen atoms in total. The minimum Gasteiger partial charge on any atom is -0.394 e. The van der Waals surface area contributed by atoms with Crippen molar-refractivity contribution in [2.75, 3.05) is 13.2 Å². The average molecular weight is 422 g/mol. The predicted octanol–water partition coefficient (Wildman–Crippen LogP) is -5.57. The Labute approximate surface area is 153 Å². The van der Waals surface area contributed by atoms with Crippen LogP contribution >= 0.6 is 0 Å². The minimum absolute atomic E-state index is 0.776.